The van der Waals surface area contributed by atoms with E-state index < -0.39 is 0 Å². The standard InChI is InChI=1S/C20H30N4O2/c1-15(2)23-10-6-16(7-11-23)17-12-21-13-18(22-17)24-14-20(26-19(24)25)8-4-3-5-9-20/h12-13,15-16H,3-11,14H2,1-2H3. The summed E-state index contributed by atoms with van der Waals surface area (Å²) in [6, 6.07) is 0.597. The quantitative estimate of drug-likeness (QED) is 0.824. The lowest BCUT2D eigenvalue weighted by atomic mass is 9.85. The van der Waals surface area contributed by atoms with E-state index >= 15 is 0 Å². The van der Waals surface area contributed by atoms with Gasteiger partial charge in [0, 0.05) is 18.2 Å². The van der Waals surface area contributed by atoms with Gasteiger partial charge in [-0.3, -0.25) is 9.88 Å². The van der Waals surface area contributed by atoms with Gasteiger partial charge in [0.25, 0.3) is 0 Å². The largest absolute Gasteiger partial charge is 0.441 e. The Morgan fingerprint density at radius 3 is 2.58 bits per heavy atom. The number of nitrogens with zero attached hydrogens (tertiary/aromatic N) is 4. The highest BCUT2D eigenvalue weighted by Crippen LogP contribution is 2.38. The van der Waals surface area contributed by atoms with Crippen LogP contribution in [0.15, 0.2) is 12.4 Å². The number of hydrogen-bond acceptors (Lipinski definition) is 5. The summed E-state index contributed by atoms with van der Waals surface area (Å²) >= 11 is 0. The van der Waals surface area contributed by atoms with Gasteiger partial charge in [-0.2, -0.15) is 0 Å². The third kappa shape index (κ3) is 3.43. The third-order valence-electron chi connectivity index (χ3n) is 6.33. The van der Waals surface area contributed by atoms with Crippen LogP contribution in [-0.2, 0) is 4.74 Å². The Hall–Kier alpha value is -1.69. The second kappa shape index (κ2) is 7.14. The number of hydrogen-bond donors (Lipinski definition) is 0. The Bertz CT molecular complexity index is 649. The van der Waals surface area contributed by atoms with Gasteiger partial charge in [0.05, 0.1) is 18.4 Å². The topological polar surface area (TPSA) is 58.6 Å². The third-order valence-corrected chi connectivity index (χ3v) is 6.33. The van der Waals surface area contributed by atoms with Crippen molar-refractivity contribution in [1.82, 2.24) is 14.9 Å². The van der Waals surface area contributed by atoms with Crippen LogP contribution in [0.3, 0.4) is 0 Å². The molecule has 1 aliphatic carbocycles. The van der Waals surface area contributed by atoms with E-state index in [0.29, 0.717) is 24.3 Å². The van der Waals surface area contributed by atoms with Crippen molar-refractivity contribution >= 4 is 11.9 Å². The molecule has 1 amide bonds. The van der Waals surface area contributed by atoms with Gasteiger partial charge in [0.2, 0.25) is 0 Å². The number of likely N-dealkylation sites (tertiary alicyclic amines) is 1. The molecule has 0 bridgehead atoms. The lowest BCUT2D eigenvalue weighted by molar-refractivity contribution is 0.0260. The first-order valence-corrected chi connectivity index (χ1v) is 10.1. The second-order valence-corrected chi connectivity index (χ2v) is 8.40. The maximum atomic E-state index is 12.5. The summed E-state index contributed by atoms with van der Waals surface area (Å²) in [5.74, 6) is 1.08. The fourth-order valence-electron chi connectivity index (χ4n) is 4.66. The molecule has 26 heavy (non-hydrogen) atoms. The number of piperidine rings is 1. The highest BCUT2D eigenvalue weighted by atomic mass is 16.6. The minimum atomic E-state index is -0.296. The van der Waals surface area contributed by atoms with Crippen molar-refractivity contribution in [1.29, 1.82) is 0 Å². The lowest BCUT2D eigenvalue weighted by Crippen LogP contribution is -2.38. The minimum absolute atomic E-state index is 0.257. The molecule has 0 aromatic carbocycles. The molecular weight excluding hydrogens is 328 g/mol. The molecule has 6 nitrogen and oxygen atoms in total. The molecule has 0 unspecified atom stereocenters. The predicted molar refractivity (Wildman–Crippen MR) is 100 cm³/mol. The van der Waals surface area contributed by atoms with E-state index in [-0.39, 0.29) is 11.7 Å². The lowest BCUT2D eigenvalue weighted by Gasteiger charge is -2.34. The van der Waals surface area contributed by atoms with Crippen molar-refractivity contribution in [2.45, 2.75) is 76.4 Å². The molecule has 2 saturated heterocycles. The Kier molecular flexibility index (Phi) is 4.86. The minimum Gasteiger partial charge on any atom is -0.441 e. The molecule has 4 rings (SSSR count). The average molecular weight is 358 g/mol. The first kappa shape index (κ1) is 17.7. The Morgan fingerprint density at radius 2 is 1.88 bits per heavy atom. The van der Waals surface area contributed by atoms with Crippen LogP contribution in [0, 0.1) is 0 Å². The number of carbonyl (C=O) groups excluding carboxylic acids is 1. The zero-order valence-electron chi connectivity index (χ0n) is 16.0. The molecule has 0 radical (unpaired) electrons. The first-order chi connectivity index (χ1) is 12.6. The van der Waals surface area contributed by atoms with Gasteiger partial charge in [0.1, 0.15) is 5.60 Å². The zero-order valence-corrected chi connectivity index (χ0v) is 16.0. The summed E-state index contributed by atoms with van der Waals surface area (Å²) in [4.78, 5) is 25.9. The van der Waals surface area contributed by atoms with Crippen LogP contribution in [0.1, 0.15) is 70.4 Å². The number of anilines is 1. The number of carbonyl (C=O) groups is 1. The number of ether oxygens (including phenoxy) is 1. The van der Waals surface area contributed by atoms with Gasteiger partial charge in [-0.1, -0.05) is 6.42 Å². The molecule has 1 saturated carbocycles. The Labute approximate surface area is 155 Å². The van der Waals surface area contributed by atoms with Crippen molar-refractivity contribution in [2.75, 3.05) is 24.5 Å². The fourth-order valence-corrected chi connectivity index (χ4v) is 4.66. The molecule has 0 atom stereocenters. The molecule has 2 aliphatic heterocycles. The summed E-state index contributed by atoms with van der Waals surface area (Å²) in [6.07, 6.45) is 11.0. The fraction of sp³-hybridized carbons (Fsp3) is 0.750. The molecule has 1 spiro atoms. The monoisotopic (exact) mass is 358 g/mol. The second-order valence-electron chi connectivity index (χ2n) is 8.40. The van der Waals surface area contributed by atoms with E-state index in [2.05, 4.69) is 23.7 Å². The Balaban J connectivity index is 1.47. The summed E-state index contributed by atoms with van der Waals surface area (Å²) in [5, 5.41) is 0. The predicted octanol–water partition coefficient (Wildman–Crippen LogP) is 3.72. The number of amides is 1. The van der Waals surface area contributed by atoms with Crippen LogP contribution in [0.25, 0.3) is 0 Å². The molecule has 142 valence electrons. The normalized spacial score (nSPS) is 24.4. The maximum Gasteiger partial charge on any atom is 0.416 e. The SMILES string of the molecule is CC(C)N1CCC(c2cncc(N3CC4(CCCCC4)OC3=O)n2)CC1. The van der Waals surface area contributed by atoms with Crippen molar-refractivity contribution in [3.8, 4) is 0 Å². The van der Waals surface area contributed by atoms with E-state index in [9.17, 15) is 4.79 Å². The van der Waals surface area contributed by atoms with E-state index in [1.165, 1.54) is 6.42 Å². The Morgan fingerprint density at radius 1 is 1.15 bits per heavy atom. The molecular formula is C20H30N4O2. The van der Waals surface area contributed by atoms with Gasteiger partial charge >= 0.3 is 6.09 Å². The number of rotatable bonds is 3. The molecule has 3 heterocycles. The van der Waals surface area contributed by atoms with Crippen LogP contribution < -0.4 is 4.90 Å². The van der Waals surface area contributed by atoms with Gasteiger partial charge in [-0.25, -0.2) is 9.78 Å². The highest BCUT2D eigenvalue weighted by Gasteiger charge is 2.46. The summed E-state index contributed by atoms with van der Waals surface area (Å²) in [7, 11) is 0. The van der Waals surface area contributed by atoms with Crippen LogP contribution >= 0.6 is 0 Å². The molecule has 3 fully saturated rings. The summed E-state index contributed by atoms with van der Waals surface area (Å²) in [5.41, 5.74) is 0.721. The van der Waals surface area contributed by atoms with E-state index in [4.69, 9.17) is 9.72 Å². The van der Waals surface area contributed by atoms with Gasteiger partial charge in [0.15, 0.2) is 5.82 Å². The zero-order chi connectivity index (χ0) is 18.1. The molecule has 1 aromatic heterocycles. The smallest absolute Gasteiger partial charge is 0.416 e. The maximum absolute atomic E-state index is 12.5. The molecule has 0 N–H and O–H groups in total. The summed E-state index contributed by atoms with van der Waals surface area (Å²) < 4.78 is 5.80. The van der Waals surface area contributed by atoms with Crippen LogP contribution in [0.5, 0.6) is 0 Å². The van der Waals surface area contributed by atoms with Gasteiger partial charge in [-0.05, 0) is 65.5 Å². The van der Waals surface area contributed by atoms with Crippen molar-refractivity contribution in [3.63, 3.8) is 0 Å². The van der Waals surface area contributed by atoms with Crippen molar-refractivity contribution < 1.29 is 9.53 Å². The summed E-state index contributed by atoms with van der Waals surface area (Å²) in [6.45, 7) is 7.32. The molecule has 1 aromatic rings. The van der Waals surface area contributed by atoms with Gasteiger partial charge < -0.3 is 9.64 Å². The average Bonchev–Trinajstić information content (AvgIpc) is 2.98. The van der Waals surface area contributed by atoms with Crippen molar-refractivity contribution in [3.05, 3.63) is 18.1 Å². The first-order valence-electron chi connectivity index (χ1n) is 10.1. The van der Waals surface area contributed by atoms with E-state index in [0.717, 1.165) is 57.3 Å². The van der Waals surface area contributed by atoms with Gasteiger partial charge in [-0.15, -0.1) is 0 Å². The van der Waals surface area contributed by atoms with Crippen molar-refractivity contribution in [2.24, 2.45) is 0 Å². The number of aromatic nitrogens is 2. The molecule has 6 heteroatoms. The highest BCUT2D eigenvalue weighted by molar-refractivity contribution is 5.89. The van der Waals surface area contributed by atoms with E-state index in [1.807, 2.05) is 6.20 Å². The molecule has 3 aliphatic rings. The van der Waals surface area contributed by atoms with E-state index in [1.54, 1.807) is 11.1 Å². The van der Waals surface area contributed by atoms with Crippen LogP contribution in [0.4, 0.5) is 10.6 Å². The van der Waals surface area contributed by atoms with Crippen LogP contribution in [0.2, 0.25) is 0 Å². The van der Waals surface area contributed by atoms with Crippen LogP contribution in [-0.4, -0.2) is 52.2 Å².